The molecule has 1 aromatic heterocycles. The van der Waals surface area contributed by atoms with E-state index in [9.17, 15) is 9.59 Å². The Kier molecular flexibility index (Phi) is 6.32. The molecule has 0 aliphatic heterocycles. The molecule has 3 aromatic rings. The van der Waals surface area contributed by atoms with E-state index in [0.717, 1.165) is 12.8 Å². The Morgan fingerprint density at radius 1 is 1.04 bits per heavy atom. The van der Waals surface area contributed by atoms with E-state index in [0.29, 0.717) is 40.2 Å². The molecule has 0 bridgehead atoms. The van der Waals surface area contributed by atoms with E-state index >= 15 is 0 Å². The average Bonchev–Trinajstić information content (AvgIpc) is 2.71. The molecule has 0 saturated heterocycles. The molecule has 6 nitrogen and oxygen atoms in total. The smallest absolute Gasteiger partial charge is 0.338 e. The van der Waals surface area contributed by atoms with E-state index in [1.807, 2.05) is 0 Å². The molecule has 0 amide bonds. The Morgan fingerprint density at radius 3 is 2.50 bits per heavy atom. The third-order valence-electron chi connectivity index (χ3n) is 4.25. The summed E-state index contributed by atoms with van der Waals surface area (Å²) >= 11 is 0. The Balaban J connectivity index is 1.70. The van der Waals surface area contributed by atoms with Crippen molar-refractivity contribution in [3.05, 3.63) is 70.1 Å². The molecule has 0 atom stereocenters. The zero-order valence-corrected chi connectivity index (χ0v) is 15.9. The van der Waals surface area contributed by atoms with Crippen molar-refractivity contribution in [1.82, 2.24) is 0 Å². The lowest BCUT2D eigenvalue weighted by molar-refractivity contribution is 0.0474. The van der Waals surface area contributed by atoms with Crippen molar-refractivity contribution in [3.63, 3.8) is 0 Å². The molecule has 6 heteroatoms. The first-order valence-electron chi connectivity index (χ1n) is 9.11. The molecular formula is C22H22O6. The number of carbonyl (C=O) groups is 1. The van der Waals surface area contributed by atoms with Crippen molar-refractivity contribution in [1.29, 1.82) is 0 Å². The second kappa shape index (κ2) is 9.08. The molecule has 28 heavy (non-hydrogen) atoms. The van der Waals surface area contributed by atoms with Crippen molar-refractivity contribution >= 4 is 16.9 Å². The van der Waals surface area contributed by atoms with E-state index in [2.05, 4.69) is 6.92 Å². The zero-order chi connectivity index (χ0) is 19.9. The lowest BCUT2D eigenvalue weighted by Gasteiger charge is -2.09. The first-order valence-corrected chi connectivity index (χ1v) is 9.11. The normalized spacial score (nSPS) is 10.6. The van der Waals surface area contributed by atoms with Gasteiger partial charge in [0.2, 0.25) is 0 Å². The van der Waals surface area contributed by atoms with Crippen molar-refractivity contribution in [2.75, 3.05) is 13.7 Å². The summed E-state index contributed by atoms with van der Waals surface area (Å²) in [5, 5.41) is 0.688. The highest BCUT2D eigenvalue weighted by molar-refractivity contribution is 5.90. The Bertz CT molecular complexity index is 1000. The van der Waals surface area contributed by atoms with Crippen LogP contribution in [-0.2, 0) is 11.3 Å². The van der Waals surface area contributed by atoms with Crippen LogP contribution in [0.3, 0.4) is 0 Å². The van der Waals surface area contributed by atoms with Crippen LogP contribution in [0.4, 0.5) is 0 Å². The minimum atomic E-state index is -0.514. The van der Waals surface area contributed by atoms with E-state index in [4.69, 9.17) is 18.6 Å². The molecule has 0 unspecified atom stereocenters. The first-order chi connectivity index (χ1) is 13.6. The highest BCUT2D eigenvalue weighted by atomic mass is 16.5. The number of rotatable bonds is 8. The monoisotopic (exact) mass is 382 g/mol. The van der Waals surface area contributed by atoms with E-state index in [1.165, 1.54) is 13.2 Å². The van der Waals surface area contributed by atoms with Gasteiger partial charge < -0.3 is 18.6 Å². The summed E-state index contributed by atoms with van der Waals surface area (Å²) in [7, 11) is 1.53. The number of benzene rings is 2. The second-order valence-corrected chi connectivity index (χ2v) is 6.26. The largest absolute Gasteiger partial charge is 0.497 e. The molecular weight excluding hydrogens is 360 g/mol. The summed E-state index contributed by atoms with van der Waals surface area (Å²) in [5.74, 6) is 0.812. The van der Waals surface area contributed by atoms with Crippen LogP contribution in [0.15, 0.2) is 57.7 Å². The summed E-state index contributed by atoms with van der Waals surface area (Å²) in [5.41, 5.74) is 0.852. The molecule has 0 fully saturated rings. The fourth-order valence-electron chi connectivity index (χ4n) is 2.70. The molecule has 1 heterocycles. The molecule has 0 saturated carbocycles. The molecule has 0 spiro atoms. The Labute approximate surface area is 162 Å². The fraction of sp³-hybridized carbons (Fsp3) is 0.273. The van der Waals surface area contributed by atoms with Crippen LogP contribution in [-0.4, -0.2) is 19.7 Å². The summed E-state index contributed by atoms with van der Waals surface area (Å²) in [6, 6.07) is 13.3. The maximum atomic E-state index is 12.3. The molecule has 2 aromatic carbocycles. The van der Waals surface area contributed by atoms with Gasteiger partial charge in [0.1, 0.15) is 23.7 Å². The average molecular weight is 382 g/mol. The van der Waals surface area contributed by atoms with Crippen molar-refractivity contribution in [2.24, 2.45) is 0 Å². The molecule has 0 radical (unpaired) electrons. The van der Waals surface area contributed by atoms with Gasteiger partial charge in [0, 0.05) is 23.1 Å². The SMILES string of the molecule is CCCCOc1ccc(C(=O)OCc2cc(=O)oc3cc(OC)ccc23)cc1. The van der Waals surface area contributed by atoms with Gasteiger partial charge in [0.25, 0.3) is 0 Å². The summed E-state index contributed by atoms with van der Waals surface area (Å²) in [4.78, 5) is 24.1. The molecule has 0 N–H and O–H groups in total. The number of hydrogen-bond donors (Lipinski definition) is 0. The Hall–Kier alpha value is -3.28. The van der Waals surface area contributed by atoms with Gasteiger partial charge in [-0.1, -0.05) is 13.3 Å². The number of hydrogen-bond acceptors (Lipinski definition) is 6. The van der Waals surface area contributed by atoms with Crippen molar-refractivity contribution in [2.45, 2.75) is 26.4 Å². The van der Waals surface area contributed by atoms with Crippen LogP contribution in [0, 0.1) is 0 Å². The van der Waals surface area contributed by atoms with Gasteiger partial charge in [-0.2, -0.15) is 0 Å². The lowest BCUT2D eigenvalue weighted by Crippen LogP contribution is -2.08. The van der Waals surface area contributed by atoms with Gasteiger partial charge in [0.05, 0.1) is 19.3 Å². The van der Waals surface area contributed by atoms with E-state index < -0.39 is 11.6 Å². The van der Waals surface area contributed by atoms with Crippen LogP contribution < -0.4 is 15.1 Å². The van der Waals surface area contributed by atoms with E-state index in [1.54, 1.807) is 42.5 Å². The fourth-order valence-corrected chi connectivity index (χ4v) is 2.70. The van der Waals surface area contributed by atoms with Crippen molar-refractivity contribution < 1.29 is 23.4 Å². The minimum absolute atomic E-state index is 0.0397. The lowest BCUT2D eigenvalue weighted by atomic mass is 10.1. The van der Waals surface area contributed by atoms with Gasteiger partial charge in [0.15, 0.2) is 0 Å². The number of fused-ring (bicyclic) bond motifs is 1. The highest BCUT2D eigenvalue weighted by Gasteiger charge is 2.11. The predicted molar refractivity (Wildman–Crippen MR) is 105 cm³/mol. The summed E-state index contributed by atoms with van der Waals surface area (Å²) < 4.78 is 21.3. The number of methoxy groups -OCH3 is 1. The summed E-state index contributed by atoms with van der Waals surface area (Å²) in [6.45, 7) is 2.70. The molecule has 0 aliphatic carbocycles. The van der Waals surface area contributed by atoms with Crippen molar-refractivity contribution in [3.8, 4) is 11.5 Å². The quantitative estimate of drug-likeness (QED) is 0.328. The second-order valence-electron chi connectivity index (χ2n) is 6.26. The maximum Gasteiger partial charge on any atom is 0.338 e. The van der Waals surface area contributed by atoms with Gasteiger partial charge in [-0.25, -0.2) is 9.59 Å². The van der Waals surface area contributed by atoms with Gasteiger partial charge in [-0.15, -0.1) is 0 Å². The van der Waals surface area contributed by atoms with Gasteiger partial charge in [-0.05, 0) is 42.8 Å². The molecule has 146 valence electrons. The number of unbranched alkanes of at least 4 members (excludes halogenated alkanes) is 1. The number of esters is 1. The minimum Gasteiger partial charge on any atom is -0.497 e. The van der Waals surface area contributed by atoms with Crippen LogP contribution in [0.1, 0.15) is 35.7 Å². The molecule has 0 aliphatic rings. The van der Waals surface area contributed by atoms with E-state index in [-0.39, 0.29) is 6.61 Å². The first kappa shape index (κ1) is 19.5. The standard InChI is InChI=1S/C22H22O6/c1-3-4-11-26-17-7-5-15(6-8-17)22(24)27-14-16-12-21(23)28-20-13-18(25-2)9-10-19(16)20/h5-10,12-13H,3-4,11,14H2,1-2H3. The molecule has 3 rings (SSSR count). The summed E-state index contributed by atoms with van der Waals surface area (Å²) in [6.07, 6.45) is 2.04. The Morgan fingerprint density at radius 2 is 1.79 bits per heavy atom. The zero-order valence-electron chi connectivity index (χ0n) is 15.9. The third kappa shape index (κ3) is 4.71. The van der Waals surface area contributed by atoms with Gasteiger partial charge in [-0.3, -0.25) is 0 Å². The maximum absolute atomic E-state index is 12.3. The third-order valence-corrected chi connectivity index (χ3v) is 4.25. The highest BCUT2D eigenvalue weighted by Crippen LogP contribution is 2.23. The number of ether oxygens (including phenoxy) is 3. The van der Waals surface area contributed by atoms with Gasteiger partial charge >= 0.3 is 11.6 Å². The predicted octanol–water partition coefficient (Wildman–Crippen LogP) is 4.34. The topological polar surface area (TPSA) is 75.0 Å². The van der Waals surface area contributed by atoms with Crippen LogP contribution in [0.2, 0.25) is 0 Å². The van der Waals surface area contributed by atoms with Crippen LogP contribution >= 0.6 is 0 Å². The van der Waals surface area contributed by atoms with Crippen LogP contribution in [0.5, 0.6) is 11.5 Å². The number of carbonyl (C=O) groups excluding carboxylic acids is 1. The van der Waals surface area contributed by atoms with Crippen LogP contribution in [0.25, 0.3) is 11.0 Å².